The lowest BCUT2D eigenvalue weighted by Crippen LogP contribution is -1.95. The third-order valence-electron chi connectivity index (χ3n) is 3.24. The summed E-state index contributed by atoms with van der Waals surface area (Å²) in [5.74, 6) is 4.45. The molecule has 0 aliphatic heterocycles. The Balaban J connectivity index is 1.94. The lowest BCUT2D eigenvalue weighted by atomic mass is 10.0. The zero-order valence-electron chi connectivity index (χ0n) is 6.43. The van der Waals surface area contributed by atoms with Crippen molar-refractivity contribution in [2.24, 2.45) is 23.7 Å². The van der Waals surface area contributed by atoms with Gasteiger partial charge in [-0.3, -0.25) is 0 Å². The van der Waals surface area contributed by atoms with Gasteiger partial charge in [-0.15, -0.1) is 0 Å². The van der Waals surface area contributed by atoms with Crippen molar-refractivity contribution < 1.29 is 0 Å². The average molecular weight is 124 g/mol. The van der Waals surface area contributed by atoms with Crippen LogP contribution in [0.3, 0.4) is 0 Å². The largest absolute Gasteiger partial charge is 0.0625 e. The second-order valence-corrected chi connectivity index (χ2v) is 4.08. The molecule has 0 heteroatoms. The molecule has 52 valence electrons. The molecule has 0 heterocycles. The van der Waals surface area contributed by atoms with Crippen LogP contribution in [0.1, 0.15) is 33.1 Å². The van der Waals surface area contributed by atoms with Crippen molar-refractivity contribution in [2.75, 3.05) is 0 Å². The Labute approximate surface area is 57.6 Å². The Morgan fingerprint density at radius 2 is 1.67 bits per heavy atom. The van der Waals surface area contributed by atoms with Crippen LogP contribution >= 0.6 is 0 Å². The SMILES string of the molecule is CC(C)C1C2CCCC21. The van der Waals surface area contributed by atoms with Gasteiger partial charge in [0.25, 0.3) is 0 Å². The molecule has 0 saturated heterocycles. The number of rotatable bonds is 1. The predicted molar refractivity (Wildman–Crippen MR) is 39.2 cm³/mol. The summed E-state index contributed by atoms with van der Waals surface area (Å²) in [7, 11) is 0. The van der Waals surface area contributed by atoms with Crippen molar-refractivity contribution in [3.8, 4) is 0 Å². The molecule has 2 saturated carbocycles. The Morgan fingerprint density at radius 3 is 2.00 bits per heavy atom. The van der Waals surface area contributed by atoms with Gasteiger partial charge >= 0.3 is 0 Å². The molecule has 0 radical (unpaired) electrons. The minimum Gasteiger partial charge on any atom is -0.0625 e. The van der Waals surface area contributed by atoms with Crippen molar-refractivity contribution in [3.63, 3.8) is 0 Å². The maximum atomic E-state index is 2.38. The molecule has 9 heavy (non-hydrogen) atoms. The molecular weight excluding hydrogens is 108 g/mol. The van der Waals surface area contributed by atoms with E-state index in [1.54, 1.807) is 12.8 Å². The lowest BCUT2D eigenvalue weighted by molar-refractivity contribution is 0.456. The second kappa shape index (κ2) is 1.74. The van der Waals surface area contributed by atoms with Crippen molar-refractivity contribution in [1.29, 1.82) is 0 Å². The molecule has 2 rings (SSSR count). The predicted octanol–water partition coefficient (Wildman–Crippen LogP) is 2.69. The van der Waals surface area contributed by atoms with E-state index in [0.29, 0.717) is 0 Å². The van der Waals surface area contributed by atoms with Crippen molar-refractivity contribution in [1.82, 2.24) is 0 Å². The first-order chi connectivity index (χ1) is 4.30. The summed E-state index contributed by atoms with van der Waals surface area (Å²) in [5.41, 5.74) is 0. The molecule has 2 aliphatic rings. The molecule has 0 amide bonds. The lowest BCUT2D eigenvalue weighted by Gasteiger charge is -2.04. The maximum absolute atomic E-state index is 2.38. The van der Waals surface area contributed by atoms with Crippen molar-refractivity contribution in [3.05, 3.63) is 0 Å². The van der Waals surface area contributed by atoms with Gasteiger partial charge in [0.05, 0.1) is 0 Å². The highest BCUT2D eigenvalue weighted by molar-refractivity contribution is 5.01. The standard InChI is InChI=1S/C9H16/c1-6(2)9-7-4-3-5-8(7)9/h6-9H,3-5H2,1-2H3. The average Bonchev–Trinajstić information content (AvgIpc) is 2.30. The third kappa shape index (κ3) is 0.720. The quantitative estimate of drug-likeness (QED) is 0.504. The van der Waals surface area contributed by atoms with E-state index in [1.807, 2.05) is 0 Å². The van der Waals surface area contributed by atoms with E-state index in [0.717, 1.165) is 11.8 Å². The first kappa shape index (κ1) is 5.76. The normalized spacial score (nSPS) is 47.7. The zero-order chi connectivity index (χ0) is 6.43. The monoisotopic (exact) mass is 124 g/mol. The summed E-state index contributed by atoms with van der Waals surface area (Å²) in [6, 6.07) is 0. The van der Waals surface area contributed by atoms with Crippen LogP contribution in [0.4, 0.5) is 0 Å². The van der Waals surface area contributed by atoms with Gasteiger partial charge in [-0.25, -0.2) is 0 Å². The van der Waals surface area contributed by atoms with E-state index in [1.165, 1.54) is 18.3 Å². The molecule has 2 unspecified atom stereocenters. The van der Waals surface area contributed by atoms with Gasteiger partial charge in [0, 0.05) is 0 Å². The Kier molecular flexibility index (Phi) is 1.12. The summed E-state index contributed by atoms with van der Waals surface area (Å²) < 4.78 is 0. The van der Waals surface area contributed by atoms with Gasteiger partial charge in [-0.2, -0.15) is 0 Å². The molecular formula is C9H16. The molecule has 2 aliphatic carbocycles. The molecule has 0 N–H and O–H groups in total. The van der Waals surface area contributed by atoms with Gasteiger partial charge in [0.2, 0.25) is 0 Å². The Hall–Kier alpha value is 0. The van der Waals surface area contributed by atoms with Crippen LogP contribution in [0.25, 0.3) is 0 Å². The smallest absolute Gasteiger partial charge is 0.0329 e. The number of hydrogen-bond acceptors (Lipinski definition) is 0. The molecule has 2 atom stereocenters. The number of hydrogen-bond donors (Lipinski definition) is 0. The van der Waals surface area contributed by atoms with Crippen LogP contribution in [-0.2, 0) is 0 Å². The zero-order valence-corrected chi connectivity index (χ0v) is 6.43. The summed E-state index contributed by atoms with van der Waals surface area (Å²) in [6.45, 7) is 4.76. The summed E-state index contributed by atoms with van der Waals surface area (Å²) >= 11 is 0. The fraction of sp³-hybridized carbons (Fsp3) is 1.00. The van der Waals surface area contributed by atoms with Gasteiger partial charge < -0.3 is 0 Å². The topological polar surface area (TPSA) is 0 Å². The summed E-state index contributed by atoms with van der Waals surface area (Å²) in [6.07, 6.45) is 4.62. The molecule has 0 aromatic carbocycles. The Morgan fingerprint density at radius 1 is 1.11 bits per heavy atom. The van der Waals surface area contributed by atoms with Crippen LogP contribution in [0.5, 0.6) is 0 Å². The van der Waals surface area contributed by atoms with Crippen LogP contribution in [-0.4, -0.2) is 0 Å². The van der Waals surface area contributed by atoms with Crippen LogP contribution in [0.15, 0.2) is 0 Å². The van der Waals surface area contributed by atoms with E-state index < -0.39 is 0 Å². The van der Waals surface area contributed by atoms with Gasteiger partial charge in [-0.05, 0) is 36.5 Å². The van der Waals surface area contributed by atoms with E-state index in [9.17, 15) is 0 Å². The molecule has 2 fully saturated rings. The summed E-state index contributed by atoms with van der Waals surface area (Å²) in [4.78, 5) is 0. The van der Waals surface area contributed by atoms with E-state index in [4.69, 9.17) is 0 Å². The summed E-state index contributed by atoms with van der Waals surface area (Å²) in [5, 5.41) is 0. The minimum atomic E-state index is 0.972. The second-order valence-electron chi connectivity index (χ2n) is 4.08. The van der Waals surface area contributed by atoms with Gasteiger partial charge in [0.15, 0.2) is 0 Å². The molecule has 0 nitrogen and oxygen atoms in total. The fourth-order valence-electron chi connectivity index (χ4n) is 2.87. The minimum absolute atomic E-state index is 0.972. The Bertz CT molecular complexity index is 105. The first-order valence-electron chi connectivity index (χ1n) is 4.30. The molecule has 0 spiro atoms. The molecule has 0 aromatic rings. The van der Waals surface area contributed by atoms with Crippen LogP contribution in [0.2, 0.25) is 0 Å². The highest BCUT2D eigenvalue weighted by Gasteiger charge is 2.53. The fourth-order valence-corrected chi connectivity index (χ4v) is 2.87. The van der Waals surface area contributed by atoms with Crippen LogP contribution < -0.4 is 0 Å². The van der Waals surface area contributed by atoms with Crippen molar-refractivity contribution >= 4 is 0 Å². The van der Waals surface area contributed by atoms with E-state index in [-0.39, 0.29) is 0 Å². The van der Waals surface area contributed by atoms with E-state index >= 15 is 0 Å². The highest BCUT2D eigenvalue weighted by Crippen LogP contribution is 2.60. The highest BCUT2D eigenvalue weighted by atomic mass is 14.6. The third-order valence-corrected chi connectivity index (χ3v) is 3.24. The van der Waals surface area contributed by atoms with E-state index in [2.05, 4.69) is 13.8 Å². The first-order valence-corrected chi connectivity index (χ1v) is 4.30. The maximum Gasteiger partial charge on any atom is -0.0329 e. The molecule has 0 aromatic heterocycles. The van der Waals surface area contributed by atoms with Gasteiger partial charge in [-0.1, -0.05) is 20.3 Å². The number of fused-ring (bicyclic) bond motifs is 1. The van der Waals surface area contributed by atoms with Crippen LogP contribution in [0, 0.1) is 23.7 Å². The van der Waals surface area contributed by atoms with Crippen molar-refractivity contribution in [2.45, 2.75) is 33.1 Å². The molecule has 0 bridgehead atoms. The van der Waals surface area contributed by atoms with Gasteiger partial charge in [0.1, 0.15) is 0 Å².